The fraction of sp³-hybridized carbons (Fsp3) is 0.529. The number of Topliss-reactive ketones (excluding diaryl/α,β-unsaturated/α-hetero) is 1. The molecule has 2 atom stereocenters. The first kappa shape index (κ1) is 15.5. The lowest BCUT2D eigenvalue weighted by molar-refractivity contribution is -0.134. The third kappa shape index (κ3) is 2.80. The molecule has 4 nitrogen and oxygen atoms in total. The van der Waals surface area contributed by atoms with E-state index in [0.29, 0.717) is 18.8 Å². The number of hydrogen-bond donors (Lipinski definition) is 2. The van der Waals surface area contributed by atoms with E-state index in [-0.39, 0.29) is 23.4 Å². The minimum Gasteiger partial charge on any atom is -0.508 e. The van der Waals surface area contributed by atoms with E-state index in [1.807, 2.05) is 44.7 Å². The highest BCUT2D eigenvalue weighted by atomic mass is 16.3. The summed E-state index contributed by atoms with van der Waals surface area (Å²) in [5.74, 6) is 0.826. The molecule has 1 aliphatic rings. The van der Waals surface area contributed by atoms with Gasteiger partial charge in [0, 0.05) is 18.4 Å². The van der Waals surface area contributed by atoms with Crippen molar-refractivity contribution in [2.24, 2.45) is 11.8 Å². The molecule has 0 radical (unpaired) electrons. The monoisotopic (exact) mass is 288 g/mol. The van der Waals surface area contributed by atoms with Crippen LogP contribution in [0.3, 0.4) is 0 Å². The van der Waals surface area contributed by atoms with Crippen LogP contribution in [0, 0.1) is 17.2 Å². The first-order valence-corrected chi connectivity index (χ1v) is 7.43. The first-order valence-electron chi connectivity index (χ1n) is 7.43. The van der Waals surface area contributed by atoms with E-state index < -0.39 is 5.54 Å². The Morgan fingerprint density at radius 3 is 2.57 bits per heavy atom. The maximum Gasteiger partial charge on any atom is 0.161 e. The molecule has 2 unspecified atom stereocenters. The Morgan fingerprint density at radius 1 is 1.29 bits per heavy atom. The minimum atomic E-state index is -0.639. The maximum atomic E-state index is 12.5. The number of aromatic hydroxyl groups is 1. The van der Waals surface area contributed by atoms with E-state index in [1.165, 1.54) is 0 Å². The summed E-state index contributed by atoms with van der Waals surface area (Å²) < 4.78 is 0. The predicted molar refractivity (Wildman–Crippen MR) is 83.7 cm³/mol. The van der Waals surface area contributed by atoms with Crippen LogP contribution in [-0.2, 0) is 11.2 Å². The molecule has 1 aliphatic heterocycles. The summed E-state index contributed by atoms with van der Waals surface area (Å²) in [6.07, 6.45) is 0.703. The standard InChI is InChI=1S/C17H24N2O2/c1-11-12(2)16(18)19(17(3,4)15(11)21)9-8-13-6-5-7-14(20)10-13/h5-7,10-12,18,20H,8-9H2,1-4H3. The average Bonchev–Trinajstić information content (AvgIpc) is 2.43. The fourth-order valence-electron chi connectivity index (χ4n) is 3.05. The summed E-state index contributed by atoms with van der Waals surface area (Å²) in [5, 5.41) is 17.9. The van der Waals surface area contributed by atoms with Crippen molar-refractivity contribution < 1.29 is 9.90 Å². The van der Waals surface area contributed by atoms with Gasteiger partial charge < -0.3 is 10.0 Å². The molecule has 0 aromatic heterocycles. The molecule has 2 rings (SSSR count). The van der Waals surface area contributed by atoms with E-state index in [2.05, 4.69) is 0 Å². The molecular formula is C17H24N2O2. The number of phenols is 1. The van der Waals surface area contributed by atoms with Crippen LogP contribution in [0.15, 0.2) is 24.3 Å². The number of ketones is 1. The Morgan fingerprint density at radius 2 is 1.95 bits per heavy atom. The van der Waals surface area contributed by atoms with Gasteiger partial charge in [-0.05, 0) is 38.0 Å². The molecule has 114 valence electrons. The van der Waals surface area contributed by atoms with Gasteiger partial charge in [0.05, 0.1) is 5.54 Å². The largest absolute Gasteiger partial charge is 0.508 e. The lowest BCUT2D eigenvalue weighted by atomic mass is 9.76. The second kappa shape index (κ2) is 5.51. The van der Waals surface area contributed by atoms with Crippen molar-refractivity contribution in [2.75, 3.05) is 6.54 Å². The summed E-state index contributed by atoms with van der Waals surface area (Å²) in [7, 11) is 0. The van der Waals surface area contributed by atoms with Gasteiger partial charge in [0.25, 0.3) is 0 Å². The van der Waals surface area contributed by atoms with Gasteiger partial charge in [-0.1, -0.05) is 26.0 Å². The van der Waals surface area contributed by atoms with Crippen LogP contribution in [-0.4, -0.2) is 33.7 Å². The zero-order valence-electron chi connectivity index (χ0n) is 13.2. The van der Waals surface area contributed by atoms with E-state index >= 15 is 0 Å². The average molecular weight is 288 g/mol. The van der Waals surface area contributed by atoms with Gasteiger partial charge in [0.15, 0.2) is 5.78 Å². The lowest BCUT2D eigenvalue weighted by Crippen LogP contribution is -2.62. The molecule has 0 spiro atoms. The molecular weight excluding hydrogens is 264 g/mol. The van der Waals surface area contributed by atoms with Gasteiger partial charge in [-0.25, -0.2) is 0 Å². The van der Waals surface area contributed by atoms with Gasteiger partial charge in [-0.15, -0.1) is 0 Å². The number of rotatable bonds is 3. The third-order valence-electron chi connectivity index (χ3n) is 4.70. The number of carbonyl (C=O) groups excluding carboxylic acids is 1. The molecule has 0 saturated carbocycles. The number of hydrogen-bond acceptors (Lipinski definition) is 3. The van der Waals surface area contributed by atoms with Crippen molar-refractivity contribution in [1.29, 1.82) is 5.41 Å². The smallest absolute Gasteiger partial charge is 0.161 e. The molecule has 1 aromatic carbocycles. The second-order valence-corrected chi connectivity index (χ2v) is 6.46. The minimum absolute atomic E-state index is 0.0466. The third-order valence-corrected chi connectivity index (χ3v) is 4.70. The number of nitrogens with one attached hydrogen (secondary N) is 1. The zero-order valence-corrected chi connectivity index (χ0v) is 13.2. The van der Waals surface area contributed by atoms with Crippen LogP contribution < -0.4 is 0 Å². The molecule has 2 N–H and O–H groups in total. The fourth-order valence-corrected chi connectivity index (χ4v) is 3.05. The van der Waals surface area contributed by atoms with Crippen molar-refractivity contribution >= 4 is 11.6 Å². The zero-order chi connectivity index (χ0) is 15.8. The molecule has 4 heteroatoms. The van der Waals surface area contributed by atoms with Crippen LogP contribution in [0.25, 0.3) is 0 Å². The summed E-state index contributed by atoms with van der Waals surface area (Å²) in [5.41, 5.74) is 0.372. The van der Waals surface area contributed by atoms with Gasteiger partial charge in [-0.3, -0.25) is 10.2 Å². The van der Waals surface area contributed by atoms with Gasteiger partial charge in [0.1, 0.15) is 11.6 Å². The SMILES string of the molecule is CC1C(=N)N(CCc2cccc(O)c2)C(C)(C)C(=O)C1C. The van der Waals surface area contributed by atoms with E-state index in [9.17, 15) is 9.90 Å². The Bertz CT molecular complexity index is 566. The first-order chi connectivity index (χ1) is 9.75. The highest BCUT2D eigenvalue weighted by molar-refractivity contribution is 6.01. The quantitative estimate of drug-likeness (QED) is 0.899. The Balaban J connectivity index is 2.17. The molecule has 1 aromatic rings. The molecule has 21 heavy (non-hydrogen) atoms. The van der Waals surface area contributed by atoms with E-state index in [1.54, 1.807) is 12.1 Å². The Kier molecular flexibility index (Phi) is 4.08. The summed E-state index contributed by atoms with van der Waals surface area (Å²) in [6.45, 7) is 8.26. The topological polar surface area (TPSA) is 64.4 Å². The van der Waals surface area contributed by atoms with E-state index in [4.69, 9.17) is 5.41 Å². The van der Waals surface area contributed by atoms with Gasteiger partial charge in [-0.2, -0.15) is 0 Å². The highest BCUT2D eigenvalue weighted by Crippen LogP contribution is 2.33. The number of likely N-dealkylation sites (tertiary alicyclic amines) is 1. The van der Waals surface area contributed by atoms with Crippen LogP contribution >= 0.6 is 0 Å². The van der Waals surface area contributed by atoms with E-state index in [0.717, 1.165) is 5.56 Å². The van der Waals surface area contributed by atoms with Gasteiger partial charge >= 0.3 is 0 Å². The number of nitrogens with zero attached hydrogens (tertiary/aromatic N) is 1. The predicted octanol–water partition coefficient (Wildman–Crippen LogP) is 2.85. The van der Waals surface area contributed by atoms with Gasteiger partial charge in [0.2, 0.25) is 0 Å². The Labute approximate surface area is 126 Å². The van der Waals surface area contributed by atoms with Crippen LogP contribution in [0.4, 0.5) is 0 Å². The molecule has 0 aliphatic carbocycles. The number of amidine groups is 1. The molecule has 1 saturated heterocycles. The maximum absolute atomic E-state index is 12.5. The van der Waals surface area contributed by atoms with Crippen molar-refractivity contribution in [1.82, 2.24) is 4.90 Å². The highest BCUT2D eigenvalue weighted by Gasteiger charge is 2.46. The Hall–Kier alpha value is -1.84. The number of piperidine rings is 1. The molecule has 0 amide bonds. The van der Waals surface area contributed by atoms with Crippen LogP contribution in [0.1, 0.15) is 33.3 Å². The summed E-state index contributed by atoms with van der Waals surface area (Å²) in [4.78, 5) is 14.4. The number of benzene rings is 1. The summed E-state index contributed by atoms with van der Waals surface area (Å²) in [6, 6.07) is 7.14. The second-order valence-electron chi connectivity index (χ2n) is 6.46. The lowest BCUT2D eigenvalue weighted by Gasteiger charge is -2.48. The van der Waals surface area contributed by atoms with Crippen molar-refractivity contribution in [3.63, 3.8) is 0 Å². The normalized spacial score (nSPS) is 25.2. The van der Waals surface area contributed by atoms with Crippen molar-refractivity contribution in [3.8, 4) is 5.75 Å². The van der Waals surface area contributed by atoms with Crippen molar-refractivity contribution in [3.05, 3.63) is 29.8 Å². The number of phenolic OH excluding ortho intramolecular Hbond substituents is 1. The number of carbonyl (C=O) groups is 1. The molecule has 0 bridgehead atoms. The van der Waals surface area contributed by atoms with Crippen molar-refractivity contribution in [2.45, 2.75) is 39.7 Å². The summed E-state index contributed by atoms with van der Waals surface area (Å²) >= 11 is 0. The van der Waals surface area contributed by atoms with Crippen LogP contribution in [0.5, 0.6) is 5.75 Å². The van der Waals surface area contributed by atoms with Crippen LogP contribution in [0.2, 0.25) is 0 Å². The molecule has 1 fully saturated rings. The molecule has 1 heterocycles.